The number of nitrogens with zero attached hydrogens (tertiary/aromatic N) is 1. The summed E-state index contributed by atoms with van der Waals surface area (Å²) >= 11 is 0. The average molecular weight is 270 g/mol. The molecular weight excluding hydrogens is 256 g/mol. The molecular formula is C15H14N2O3. The normalized spacial score (nSPS) is 10.7. The highest BCUT2D eigenvalue weighted by molar-refractivity contribution is 5.83. The van der Waals surface area contributed by atoms with E-state index < -0.39 is 0 Å². The fourth-order valence-electron chi connectivity index (χ4n) is 2.16. The maximum atomic E-state index is 10.2. The number of nitrogens with one attached hydrogen (secondary N) is 1. The van der Waals surface area contributed by atoms with Crippen LogP contribution in [0.5, 0.6) is 17.2 Å². The van der Waals surface area contributed by atoms with Crippen molar-refractivity contribution in [1.29, 1.82) is 0 Å². The zero-order valence-electron chi connectivity index (χ0n) is 11.2. The van der Waals surface area contributed by atoms with Gasteiger partial charge in [0.15, 0.2) is 0 Å². The van der Waals surface area contributed by atoms with Gasteiger partial charge in [-0.3, -0.25) is 0 Å². The van der Waals surface area contributed by atoms with E-state index in [-0.39, 0.29) is 5.75 Å². The second-order valence-electron chi connectivity index (χ2n) is 4.33. The van der Waals surface area contributed by atoms with Crippen LogP contribution in [0.1, 0.15) is 0 Å². The number of para-hydroxylation sites is 2. The fraction of sp³-hybridized carbons (Fsp3) is 0.133. The second-order valence-corrected chi connectivity index (χ2v) is 4.33. The van der Waals surface area contributed by atoms with Crippen LogP contribution in [0, 0.1) is 0 Å². The molecule has 0 spiro atoms. The lowest BCUT2D eigenvalue weighted by Crippen LogP contribution is -1.92. The van der Waals surface area contributed by atoms with Crippen molar-refractivity contribution in [3.63, 3.8) is 0 Å². The monoisotopic (exact) mass is 270 g/mol. The van der Waals surface area contributed by atoms with Crippen molar-refractivity contribution in [2.45, 2.75) is 0 Å². The number of phenols is 1. The first kappa shape index (κ1) is 12.3. The van der Waals surface area contributed by atoms with Crippen LogP contribution in [0.15, 0.2) is 36.4 Å². The van der Waals surface area contributed by atoms with Gasteiger partial charge in [-0.15, -0.1) is 0 Å². The highest BCUT2D eigenvalue weighted by Crippen LogP contribution is 2.40. The van der Waals surface area contributed by atoms with Gasteiger partial charge in [0, 0.05) is 12.1 Å². The minimum absolute atomic E-state index is 0.0558. The van der Waals surface area contributed by atoms with Crippen molar-refractivity contribution in [3.8, 4) is 28.6 Å². The van der Waals surface area contributed by atoms with Crippen molar-refractivity contribution >= 4 is 11.0 Å². The lowest BCUT2D eigenvalue weighted by atomic mass is 10.1. The number of aromatic hydroxyl groups is 1. The number of aromatic nitrogens is 2. The lowest BCUT2D eigenvalue weighted by molar-refractivity contribution is 0.386. The molecule has 0 saturated carbocycles. The largest absolute Gasteiger partial charge is 0.507 e. The molecule has 3 rings (SSSR count). The molecule has 2 N–H and O–H groups in total. The third-order valence-electron chi connectivity index (χ3n) is 3.14. The zero-order chi connectivity index (χ0) is 14.1. The summed E-state index contributed by atoms with van der Waals surface area (Å²) in [5.74, 6) is 1.64. The summed E-state index contributed by atoms with van der Waals surface area (Å²) in [6.45, 7) is 0. The van der Waals surface area contributed by atoms with Gasteiger partial charge in [0.05, 0.1) is 25.3 Å². The van der Waals surface area contributed by atoms with E-state index in [0.717, 1.165) is 11.0 Å². The van der Waals surface area contributed by atoms with Gasteiger partial charge in [-0.2, -0.15) is 0 Å². The number of hydrogen-bond donors (Lipinski definition) is 2. The van der Waals surface area contributed by atoms with Gasteiger partial charge >= 0.3 is 0 Å². The Morgan fingerprint density at radius 3 is 2.60 bits per heavy atom. The minimum Gasteiger partial charge on any atom is -0.507 e. The van der Waals surface area contributed by atoms with Gasteiger partial charge in [0.25, 0.3) is 0 Å². The number of phenolic OH excluding ortho intramolecular Hbond substituents is 1. The van der Waals surface area contributed by atoms with Gasteiger partial charge in [0.1, 0.15) is 28.6 Å². The quantitative estimate of drug-likeness (QED) is 0.767. The standard InChI is InChI=1S/C15H14N2O3/c1-19-9-7-12(18)14(13(8-9)20-2)15-16-10-5-3-4-6-11(10)17-15/h3-8,18H,1-2H3,(H,16,17). The Morgan fingerprint density at radius 2 is 1.90 bits per heavy atom. The van der Waals surface area contributed by atoms with E-state index in [0.29, 0.717) is 22.9 Å². The predicted molar refractivity (Wildman–Crippen MR) is 76.3 cm³/mol. The topological polar surface area (TPSA) is 67.4 Å². The van der Waals surface area contributed by atoms with Crippen LogP contribution < -0.4 is 9.47 Å². The van der Waals surface area contributed by atoms with Crippen molar-refractivity contribution < 1.29 is 14.6 Å². The molecule has 0 fully saturated rings. The molecule has 2 aromatic carbocycles. The third-order valence-corrected chi connectivity index (χ3v) is 3.14. The summed E-state index contributed by atoms with van der Waals surface area (Å²) in [7, 11) is 3.08. The summed E-state index contributed by atoms with van der Waals surface area (Å²) in [5, 5.41) is 10.2. The van der Waals surface area contributed by atoms with E-state index in [9.17, 15) is 5.11 Å². The molecule has 0 radical (unpaired) electrons. The van der Waals surface area contributed by atoms with Gasteiger partial charge < -0.3 is 19.6 Å². The summed E-state index contributed by atoms with van der Waals surface area (Å²) in [6, 6.07) is 10.9. The SMILES string of the molecule is COc1cc(O)c(-c2nc3ccccc3[nH]2)c(OC)c1. The first-order valence-electron chi connectivity index (χ1n) is 6.13. The lowest BCUT2D eigenvalue weighted by Gasteiger charge is -2.10. The van der Waals surface area contributed by atoms with E-state index in [4.69, 9.17) is 9.47 Å². The molecule has 0 bridgehead atoms. The van der Waals surface area contributed by atoms with Gasteiger partial charge in [-0.25, -0.2) is 4.98 Å². The number of rotatable bonds is 3. The van der Waals surface area contributed by atoms with Gasteiger partial charge in [-0.05, 0) is 12.1 Å². The number of imidazole rings is 1. The highest BCUT2D eigenvalue weighted by atomic mass is 16.5. The van der Waals surface area contributed by atoms with Crippen LogP contribution in [0.2, 0.25) is 0 Å². The van der Waals surface area contributed by atoms with Crippen molar-refractivity contribution in [2.75, 3.05) is 14.2 Å². The molecule has 0 aliphatic heterocycles. The Kier molecular flexibility index (Phi) is 2.95. The third kappa shape index (κ3) is 1.93. The molecule has 0 amide bonds. The van der Waals surface area contributed by atoms with Crippen molar-refractivity contribution in [3.05, 3.63) is 36.4 Å². The molecule has 1 heterocycles. The average Bonchev–Trinajstić information content (AvgIpc) is 2.89. The summed E-state index contributed by atoms with van der Waals surface area (Å²) in [6.07, 6.45) is 0. The van der Waals surface area contributed by atoms with Crippen LogP contribution in [0.4, 0.5) is 0 Å². The molecule has 5 heteroatoms. The predicted octanol–water partition coefficient (Wildman–Crippen LogP) is 2.95. The Labute approximate surface area is 115 Å². The highest BCUT2D eigenvalue weighted by Gasteiger charge is 2.17. The molecule has 5 nitrogen and oxygen atoms in total. The van der Waals surface area contributed by atoms with E-state index in [1.165, 1.54) is 13.2 Å². The zero-order valence-corrected chi connectivity index (χ0v) is 11.2. The van der Waals surface area contributed by atoms with Crippen LogP contribution in [-0.2, 0) is 0 Å². The fourth-order valence-corrected chi connectivity index (χ4v) is 2.16. The Balaban J connectivity index is 2.22. The first-order chi connectivity index (χ1) is 9.72. The summed E-state index contributed by atoms with van der Waals surface area (Å²) < 4.78 is 10.4. The maximum Gasteiger partial charge on any atom is 0.146 e. The van der Waals surface area contributed by atoms with Crippen LogP contribution in [-0.4, -0.2) is 29.3 Å². The molecule has 1 aromatic heterocycles. The number of fused-ring (bicyclic) bond motifs is 1. The number of aromatic amines is 1. The molecule has 0 aliphatic carbocycles. The maximum absolute atomic E-state index is 10.2. The Bertz CT molecular complexity index is 732. The molecule has 0 saturated heterocycles. The molecule has 3 aromatic rings. The summed E-state index contributed by atoms with van der Waals surface area (Å²) in [4.78, 5) is 7.64. The van der Waals surface area contributed by atoms with E-state index >= 15 is 0 Å². The van der Waals surface area contributed by atoms with E-state index in [2.05, 4.69) is 9.97 Å². The number of ether oxygens (including phenoxy) is 2. The first-order valence-corrected chi connectivity index (χ1v) is 6.13. The summed E-state index contributed by atoms with van der Waals surface area (Å²) in [5.41, 5.74) is 2.25. The second kappa shape index (κ2) is 4.77. The Hall–Kier alpha value is -2.69. The smallest absolute Gasteiger partial charge is 0.146 e. The van der Waals surface area contributed by atoms with Crippen LogP contribution in [0.25, 0.3) is 22.4 Å². The van der Waals surface area contributed by atoms with E-state index in [1.807, 2.05) is 24.3 Å². The molecule has 20 heavy (non-hydrogen) atoms. The Morgan fingerprint density at radius 1 is 1.10 bits per heavy atom. The van der Waals surface area contributed by atoms with Crippen LogP contribution >= 0.6 is 0 Å². The minimum atomic E-state index is 0.0558. The number of benzene rings is 2. The van der Waals surface area contributed by atoms with Crippen molar-refractivity contribution in [1.82, 2.24) is 9.97 Å². The number of hydrogen-bond acceptors (Lipinski definition) is 4. The number of methoxy groups -OCH3 is 2. The van der Waals surface area contributed by atoms with E-state index in [1.54, 1.807) is 13.2 Å². The molecule has 0 aliphatic rings. The van der Waals surface area contributed by atoms with Gasteiger partial charge in [0.2, 0.25) is 0 Å². The van der Waals surface area contributed by atoms with Crippen LogP contribution in [0.3, 0.4) is 0 Å². The van der Waals surface area contributed by atoms with Gasteiger partial charge in [-0.1, -0.05) is 12.1 Å². The molecule has 102 valence electrons. The number of H-pyrrole nitrogens is 1. The molecule has 0 atom stereocenters. The van der Waals surface area contributed by atoms with Crippen molar-refractivity contribution in [2.24, 2.45) is 0 Å². The molecule has 0 unspecified atom stereocenters.